The van der Waals surface area contributed by atoms with E-state index >= 15 is 0 Å². The van der Waals surface area contributed by atoms with Crippen molar-refractivity contribution in [2.75, 3.05) is 0 Å². The topological polar surface area (TPSA) is 17.1 Å². The summed E-state index contributed by atoms with van der Waals surface area (Å²) in [6.45, 7) is 4.47. The summed E-state index contributed by atoms with van der Waals surface area (Å²) in [7, 11) is 0. The molecule has 110 valence electrons. The number of ketones is 1. The summed E-state index contributed by atoms with van der Waals surface area (Å²) >= 11 is 0. The standard InChI is InChI=1S/C19H28O/c1-3-5-6-8-12-17(4-2)13-11-16-19(20)18-14-9-7-10-15-18/h7,9-11,13-15,17H,3-6,8,12,16H2,1-2H3/b13-11+. The van der Waals surface area contributed by atoms with Crippen LogP contribution in [0.25, 0.3) is 0 Å². The van der Waals surface area contributed by atoms with Gasteiger partial charge in [-0.3, -0.25) is 4.79 Å². The SMILES string of the molecule is CCCCCCC(/C=C/CC(=O)c1ccccc1)CC. The summed E-state index contributed by atoms with van der Waals surface area (Å²) < 4.78 is 0. The van der Waals surface area contributed by atoms with E-state index in [1.165, 1.54) is 38.5 Å². The predicted molar refractivity (Wildman–Crippen MR) is 87.1 cm³/mol. The zero-order valence-corrected chi connectivity index (χ0v) is 13.0. The Kier molecular flexibility index (Phi) is 8.69. The molecule has 0 spiro atoms. The third-order valence-corrected chi connectivity index (χ3v) is 3.76. The average molecular weight is 272 g/mol. The van der Waals surface area contributed by atoms with Crippen molar-refractivity contribution in [1.82, 2.24) is 0 Å². The lowest BCUT2D eigenvalue weighted by molar-refractivity contribution is 0.0995. The van der Waals surface area contributed by atoms with Gasteiger partial charge in [-0.1, -0.05) is 82.0 Å². The first kappa shape index (κ1) is 16.7. The zero-order valence-electron chi connectivity index (χ0n) is 13.0. The van der Waals surface area contributed by atoms with Gasteiger partial charge in [0.1, 0.15) is 0 Å². The Morgan fingerprint density at radius 1 is 1.10 bits per heavy atom. The largest absolute Gasteiger partial charge is 0.294 e. The Labute approximate surface area is 124 Å². The highest BCUT2D eigenvalue weighted by atomic mass is 16.1. The maximum atomic E-state index is 12.0. The van der Waals surface area contributed by atoms with Gasteiger partial charge in [-0.15, -0.1) is 0 Å². The molecular weight excluding hydrogens is 244 g/mol. The molecule has 0 saturated heterocycles. The van der Waals surface area contributed by atoms with E-state index in [0.717, 1.165) is 5.56 Å². The Morgan fingerprint density at radius 3 is 2.50 bits per heavy atom. The summed E-state index contributed by atoms with van der Waals surface area (Å²) in [6.07, 6.45) is 12.5. The van der Waals surface area contributed by atoms with Gasteiger partial charge >= 0.3 is 0 Å². The van der Waals surface area contributed by atoms with Gasteiger partial charge in [-0.05, 0) is 18.8 Å². The molecule has 1 aromatic carbocycles. The van der Waals surface area contributed by atoms with Crippen LogP contribution in [-0.4, -0.2) is 5.78 Å². The van der Waals surface area contributed by atoms with Gasteiger partial charge in [0.2, 0.25) is 0 Å². The van der Waals surface area contributed by atoms with Crippen LogP contribution in [0, 0.1) is 5.92 Å². The van der Waals surface area contributed by atoms with Crippen molar-refractivity contribution in [3.05, 3.63) is 48.0 Å². The molecule has 0 heterocycles. The van der Waals surface area contributed by atoms with Gasteiger partial charge in [-0.2, -0.15) is 0 Å². The second-order valence-electron chi connectivity index (χ2n) is 5.44. The molecule has 0 bridgehead atoms. The molecule has 1 nitrogen and oxygen atoms in total. The van der Waals surface area contributed by atoms with E-state index in [2.05, 4.69) is 26.0 Å². The molecule has 0 fully saturated rings. The molecule has 0 aliphatic carbocycles. The average Bonchev–Trinajstić information content (AvgIpc) is 2.50. The number of hydrogen-bond acceptors (Lipinski definition) is 1. The summed E-state index contributed by atoms with van der Waals surface area (Å²) in [5, 5.41) is 0. The highest BCUT2D eigenvalue weighted by Crippen LogP contribution is 2.16. The fourth-order valence-electron chi connectivity index (χ4n) is 2.38. The number of benzene rings is 1. The van der Waals surface area contributed by atoms with Gasteiger partial charge < -0.3 is 0 Å². The normalized spacial score (nSPS) is 12.7. The highest BCUT2D eigenvalue weighted by Gasteiger charge is 2.04. The number of hydrogen-bond donors (Lipinski definition) is 0. The van der Waals surface area contributed by atoms with Crippen LogP contribution in [0.3, 0.4) is 0 Å². The molecule has 0 aliphatic heterocycles. The minimum absolute atomic E-state index is 0.211. The minimum Gasteiger partial charge on any atom is -0.294 e. The number of unbranched alkanes of at least 4 members (excludes halogenated alkanes) is 3. The van der Waals surface area contributed by atoms with Gasteiger partial charge in [0.25, 0.3) is 0 Å². The zero-order chi connectivity index (χ0) is 14.6. The van der Waals surface area contributed by atoms with Gasteiger partial charge in [0, 0.05) is 12.0 Å². The van der Waals surface area contributed by atoms with Crippen molar-refractivity contribution in [3.63, 3.8) is 0 Å². The maximum absolute atomic E-state index is 12.0. The molecule has 1 aromatic rings. The Morgan fingerprint density at radius 2 is 1.85 bits per heavy atom. The van der Waals surface area contributed by atoms with Crippen LogP contribution in [0.15, 0.2) is 42.5 Å². The highest BCUT2D eigenvalue weighted by molar-refractivity contribution is 5.96. The molecule has 0 aliphatic rings. The summed E-state index contributed by atoms with van der Waals surface area (Å²) in [4.78, 5) is 12.0. The van der Waals surface area contributed by atoms with Crippen molar-refractivity contribution in [1.29, 1.82) is 0 Å². The monoisotopic (exact) mass is 272 g/mol. The van der Waals surface area contributed by atoms with Gasteiger partial charge in [0.05, 0.1) is 0 Å². The van der Waals surface area contributed by atoms with Crippen molar-refractivity contribution < 1.29 is 4.79 Å². The number of allylic oxidation sites excluding steroid dienone is 2. The lowest BCUT2D eigenvalue weighted by Crippen LogP contribution is -1.98. The molecule has 0 radical (unpaired) electrons. The Bertz CT molecular complexity index is 391. The van der Waals surface area contributed by atoms with Crippen LogP contribution < -0.4 is 0 Å². The van der Waals surface area contributed by atoms with E-state index in [1.807, 2.05) is 30.3 Å². The fraction of sp³-hybridized carbons (Fsp3) is 0.526. The van der Waals surface area contributed by atoms with Crippen molar-refractivity contribution >= 4 is 5.78 Å². The summed E-state index contributed by atoms with van der Waals surface area (Å²) in [5.74, 6) is 0.845. The third kappa shape index (κ3) is 6.70. The van der Waals surface area contributed by atoms with Crippen LogP contribution in [0.2, 0.25) is 0 Å². The van der Waals surface area contributed by atoms with E-state index in [-0.39, 0.29) is 5.78 Å². The number of carbonyl (C=O) groups excluding carboxylic acids is 1. The van der Waals surface area contributed by atoms with E-state index in [0.29, 0.717) is 12.3 Å². The first-order valence-electron chi connectivity index (χ1n) is 8.02. The second kappa shape index (κ2) is 10.4. The number of rotatable bonds is 10. The number of carbonyl (C=O) groups is 1. The molecule has 20 heavy (non-hydrogen) atoms. The molecule has 0 N–H and O–H groups in total. The van der Waals surface area contributed by atoms with E-state index < -0.39 is 0 Å². The van der Waals surface area contributed by atoms with Crippen LogP contribution in [0.5, 0.6) is 0 Å². The molecule has 0 amide bonds. The molecule has 1 heteroatoms. The summed E-state index contributed by atoms with van der Waals surface area (Å²) in [6, 6.07) is 9.55. The Balaban J connectivity index is 2.32. The first-order valence-corrected chi connectivity index (χ1v) is 8.02. The van der Waals surface area contributed by atoms with Crippen molar-refractivity contribution in [2.24, 2.45) is 5.92 Å². The lowest BCUT2D eigenvalue weighted by atomic mass is 9.97. The molecule has 0 saturated carbocycles. The van der Waals surface area contributed by atoms with Crippen LogP contribution >= 0.6 is 0 Å². The van der Waals surface area contributed by atoms with Gasteiger partial charge in [0.15, 0.2) is 5.78 Å². The third-order valence-electron chi connectivity index (χ3n) is 3.76. The summed E-state index contributed by atoms with van der Waals surface area (Å²) in [5.41, 5.74) is 0.813. The predicted octanol–water partition coefficient (Wildman–Crippen LogP) is 5.81. The number of Topliss-reactive ketones (excluding diaryl/α,β-unsaturated/α-hetero) is 1. The van der Waals surface area contributed by atoms with Crippen molar-refractivity contribution in [3.8, 4) is 0 Å². The van der Waals surface area contributed by atoms with Crippen LogP contribution in [0.4, 0.5) is 0 Å². The minimum atomic E-state index is 0.211. The van der Waals surface area contributed by atoms with Crippen molar-refractivity contribution in [2.45, 2.75) is 58.8 Å². The fourth-order valence-corrected chi connectivity index (χ4v) is 2.38. The molecule has 0 aromatic heterocycles. The molecule has 1 unspecified atom stereocenters. The maximum Gasteiger partial charge on any atom is 0.166 e. The molecular formula is C19H28O. The van der Waals surface area contributed by atoms with Crippen LogP contribution in [-0.2, 0) is 0 Å². The second-order valence-corrected chi connectivity index (χ2v) is 5.44. The van der Waals surface area contributed by atoms with Gasteiger partial charge in [-0.25, -0.2) is 0 Å². The van der Waals surface area contributed by atoms with E-state index in [9.17, 15) is 4.79 Å². The first-order chi connectivity index (χ1) is 9.77. The van der Waals surface area contributed by atoms with Crippen LogP contribution in [0.1, 0.15) is 69.2 Å². The lowest BCUT2D eigenvalue weighted by Gasteiger charge is -2.09. The van der Waals surface area contributed by atoms with E-state index in [4.69, 9.17) is 0 Å². The quantitative estimate of drug-likeness (QED) is 0.298. The smallest absolute Gasteiger partial charge is 0.166 e. The Hall–Kier alpha value is -1.37. The molecule has 1 atom stereocenters. The van der Waals surface area contributed by atoms with E-state index in [1.54, 1.807) is 0 Å². The molecule has 1 rings (SSSR count).